The highest BCUT2D eigenvalue weighted by atomic mass is 16.2. The highest BCUT2D eigenvalue weighted by molar-refractivity contribution is 5.74. The second-order valence-electron chi connectivity index (χ2n) is 4.92. The molecule has 2 atom stereocenters. The number of nitrogens with zero attached hydrogens (tertiary/aromatic N) is 4. The summed E-state index contributed by atoms with van der Waals surface area (Å²) in [6.45, 7) is 3.64. The van der Waals surface area contributed by atoms with Gasteiger partial charge in [-0.15, -0.1) is 0 Å². The number of carbonyl (C=O) groups excluding carboxylic acids is 1. The van der Waals surface area contributed by atoms with Crippen LogP contribution in [-0.4, -0.2) is 47.0 Å². The molecule has 5 heteroatoms. The molecule has 2 aliphatic rings. The largest absolute Gasteiger partial charge is 0.356 e. The van der Waals surface area contributed by atoms with Gasteiger partial charge in [0.2, 0.25) is 5.91 Å². The lowest BCUT2D eigenvalue weighted by Gasteiger charge is -2.24. The third kappa shape index (κ3) is 1.66. The molecule has 2 unspecified atom stereocenters. The van der Waals surface area contributed by atoms with Crippen LogP contribution < -0.4 is 4.90 Å². The van der Waals surface area contributed by atoms with Crippen molar-refractivity contribution in [3.63, 3.8) is 0 Å². The summed E-state index contributed by atoms with van der Waals surface area (Å²) in [6.07, 6.45) is 3.35. The van der Waals surface area contributed by atoms with Crippen LogP contribution in [0.2, 0.25) is 0 Å². The Kier molecular flexibility index (Phi) is 2.28. The van der Waals surface area contributed by atoms with Crippen LogP contribution in [0.4, 0.5) is 5.82 Å². The van der Waals surface area contributed by atoms with Crippen molar-refractivity contribution in [1.82, 2.24) is 14.9 Å². The number of anilines is 1. The quantitative estimate of drug-likeness (QED) is 0.740. The first-order chi connectivity index (χ1) is 8.18. The number of carbonyl (C=O) groups is 1. The molecule has 1 saturated carbocycles. The molecular weight excluding hydrogens is 216 g/mol. The summed E-state index contributed by atoms with van der Waals surface area (Å²) >= 11 is 0. The lowest BCUT2D eigenvalue weighted by Crippen LogP contribution is -2.35. The Morgan fingerprint density at radius 1 is 1.47 bits per heavy atom. The third-order valence-corrected chi connectivity index (χ3v) is 3.98. The fraction of sp³-hybridized carbons (Fsp3) is 0.583. The molecule has 0 radical (unpaired) electrons. The maximum absolute atomic E-state index is 11.3. The number of hydrogen-bond donors (Lipinski definition) is 0. The molecule has 3 rings (SSSR count). The maximum Gasteiger partial charge on any atom is 0.219 e. The zero-order valence-electron chi connectivity index (χ0n) is 10.1. The van der Waals surface area contributed by atoms with Crippen LogP contribution in [0.1, 0.15) is 6.92 Å². The summed E-state index contributed by atoms with van der Waals surface area (Å²) in [5.74, 6) is 2.41. The zero-order chi connectivity index (χ0) is 12.0. The Morgan fingerprint density at radius 2 is 2.18 bits per heavy atom. The molecular formula is C12H16N4O. The van der Waals surface area contributed by atoms with Crippen LogP contribution in [0.5, 0.6) is 0 Å². The molecule has 5 nitrogen and oxygen atoms in total. The number of piperidine rings is 1. The van der Waals surface area contributed by atoms with Gasteiger partial charge in [-0.1, -0.05) is 0 Å². The number of fused-ring (bicyclic) bond motifs is 1. The second kappa shape index (κ2) is 3.68. The van der Waals surface area contributed by atoms with Crippen LogP contribution in [-0.2, 0) is 4.79 Å². The molecule has 1 aliphatic heterocycles. The van der Waals surface area contributed by atoms with Crippen molar-refractivity contribution in [2.45, 2.75) is 13.0 Å². The van der Waals surface area contributed by atoms with E-state index in [0.717, 1.165) is 18.9 Å². The Bertz CT molecular complexity index is 423. The van der Waals surface area contributed by atoms with E-state index in [2.05, 4.69) is 14.9 Å². The van der Waals surface area contributed by atoms with Gasteiger partial charge in [0.25, 0.3) is 0 Å². The highest BCUT2D eigenvalue weighted by Gasteiger charge is 2.58. The van der Waals surface area contributed by atoms with Crippen molar-refractivity contribution in [3.05, 3.63) is 18.6 Å². The van der Waals surface area contributed by atoms with Crippen LogP contribution in [0.3, 0.4) is 0 Å². The normalized spacial score (nSPS) is 30.0. The molecule has 0 spiro atoms. The van der Waals surface area contributed by atoms with E-state index >= 15 is 0 Å². The maximum atomic E-state index is 11.3. The second-order valence-corrected chi connectivity index (χ2v) is 4.92. The lowest BCUT2D eigenvalue weighted by molar-refractivity contribution is -0.128. The van der Waals surface area contributed by atoms with E-state index < -0.39 is 0 Å². The topological polar surface area (TPSA) is 49.3 Å². The summed E-state index contributed by atoms with van der Waals surface area (Å²) in [5, 5.41) is 0. The number of hydrogen-bond acceptors (Lipinski definition) is 4. The predicted molar refractivity (Wildman–Crippen MR) is 63.5 cm³/mol. The summed E-state index contributed by atoms with van der Waals surface area (Å²) in [7, 11) is 1.90. The Morgan fingerprint density at radius 3 is 2.71 bits per heavy atom. The minimum atomic E-state index is 0.165. The first-order valence-electron chi connectivity index (χ1n) is 5.93. The van der Waals surface area contributed by atoms with Crippen molar-refractivity contribution in [2.75, 3.05) is 25.0 Å². The van der Waals surface area contributed by atoms with Gasteiger partial charge in [0.15, 0.2) is 0 Å². The molecule has 2 heterocycles. The van der Waals surface area contributed by atoms with Gasteiger partial charge in [0.1, 0.15) is 12.1 Å². The third-order valence-electron chi connectivity index (χ3n) is 3.98. The smallest absolute Gasteiger partial charge is 0.219 e. The molecule has 1 aromatic rings. The van der Waals surface area contributed by atoms with Crippen LogP contribution >= 0.6 is 0 Å². The number of rotatable bonds is 2. The minimum Gasteiger partial charge on any atom is -0.356 e. The summed E-state index contributed by atoms with van der Waals surface area (Å²) in [4.78, 5) is 23.6. The summed E-state index contributed by atoms with van der Waals surface area (Å²) in [6, 6.07) is 2.39. The van der Waals surface area contributed by atoms with E-state index in [1.54, 1.807) is 19.4 Å². The van der Waals surface area contributed by atoms with Crippen LogP contribution in [0, 0.1) is 11.8 Å². The van der Waals surface area contributed by atoms with Gasteiger partial charge in [-0.3, -0.25) is 4.79 Å². The zero-order valence-corrected chi connectivity index (χ0v) is 10.1. The molecule has 2 fully saturated rings. The molecule has 1 aromatic heterocycles. The van der Waals surface area contributed by atoms with Gasteiger partial charge in [0, 0.05) is 51.1 Å². The van der Waals surface area contributed by atoms with E-state index in [1.807, 2.05) is 18.0 Å². The van der Waals surface area contributed by atoms with Gasteiger partial charge in [-0.2, -0.15) is 0 Å². The minimum absolute atomic E-state index is 0.165. The molecule has 0 N–H and O–H groups in total. The average molecular weight is 232 g/mol. The van der Waals surface area contributed by atoms with Gasteiger partial charge in [-0.05, 0) is 6.07 Å². The van der Waals surface area contributed by atoms with E-state index in [-0.39, 0.29) is 5.91 Å². The van der Waals surface area contributed by atoms with Crippen LogP contribution in [0.25, 0.3) is 0 Å². The first-order valence-corrected chi connectivity index (χ1v) is 5.93. The molecule has 0 aromatic carbocycles. The standard InChI is InChI=1S/C12H16N4O/c1-8(17)15(2)12-9-5-16(6-10(9)12)11-3-4-13-7-14-11/h3-4,7,9-10,12H,5-6H2,1-2H3. The van der Waals surface area contributed by atoms with Crippen LogP contribution in [0.15, 0.2) is 18.6 Å². The Balaban J connectivity index is 1.64. The van der Waals surface area contributed by atoms with Crippen molar-refractivity contribution in [3.8, 4) is 0 Å². The van der Waals surface area contributed by atoms with E-state index in [9.17, 15) is 4.79 Å². The van der Waals surface area contributed by atoms with Crippen molar-refractivity contribution in [1.29, 1.82) is 0 Å². The first kappa shape index (κ1) is 10.5. The number of amides is 1. The van der Waals surface area contributed by atoms with E-state index in [4.69, 9.17) is 0 Å². The van der Waals surface area contributed by atoms with Gasteiger partial charge in [0.05, 0.1) is 0 Å². The van der Waals surface area contributed by atoms with Crippen molar-refractivity contribution < 1.29 is 4.79 Å². The fourth-order valence-corrected chi connectivity index (χ4v) is 2.94. The van der Waals surface area contributed by atoms with Crippen molar-refractivity contribution in [2.24, 2.45) is 11.8 Å². The summed E-state index contributed by atoms with van der Waals surface area (Å²) in [5.41, 5.74) is 0. The molecule has 0 bridgehead atoms. The highest BCUT2D eigenvalue weighted by Crippen LogP contribution is 2.49. The van der Waals surface area contributed by atoms with Gasteiger partial charge < -0.3 is 9.80 Å². The molecule has 17 heavy (non-hydrogen) atoms. The number of aromatic nitrogens is 2. The van der Waals surface area contributed by atoms with Crippen molar-refractivity contribution >= 4 is 11.7 Å². The average Bonchev–Trinajstić information content (AvgIpc) is 2.83. The van der Waals surface area contributed by atoms with Gasteiger partial charge in [-0.25, -0.2) is 9.97 Å². The Labute approximate surface area is 100 Å². The molecule has 1 aliphatic carbocycles. The molecule has 90 valence electrons. The SMILES string of the molecule is CC(=O)N(C)C1C2CN(c3ccncn3)CC21. The van der Waals surface area contributed by atoms with Gasteiger partial charge >= 0.3 is 0 Å². The lowest BCUT2D eigenvalue weighted by atomic mass is 10.3. The van der Waals surface area contributed by atoms with E-state index in [1.165, 1.54) is 0 Å². The predicted octanol–water partition coefficient (Wildman–Crippen LogP) is 0.389. The Hall–Kier alpha value is -1.65. The monoisotopic (exact) mass is 232 g/mol. The van der Waals surface area contributed by atoms with E-state index in [0.29, 0.717) is 17.9 Å². The molecule has 1 amide bonds. The fourth-order valence-electron chi connectivity index (χ4n) is 2.94. The molecule has 1 saturated heterocycles. The summed E-state index contributed by atoms with van der Waals surface area (Å²) < 4.78 is 0.